The van der Waals surface area contributed by atoms with Crippen molar-refractivity contribution in [2.75, 3.05) is 0 Å². The van der Waals surface area contributed by atoms with Gasteiger partial charge in [-0.1, -0.05) is 18.2 Å². The molecule has 4 heteroatoms. The van der Waals surface area contributed by atoms with Gasteiger partial charge in [0, 0.05) is 11.5 Å². The lowest BCUT2D eigenvalue weighted by Gasteiger charge is -2.21. The topological polar surface area (TPSA) is 26.0 Å². The summed E-state index contributed by atoms with van der Waals surface area (Å²) in [6.45, 7) is 1.85. The van der Waals surface area contributed by atoms with Crippen molar-refractivity contribution in [3.8, 4) is 0 Å². The number of hydrogen-bond acceptors (Lipinski definition) is 1. The van der Waals surface area contributed by atoms with Gasteiger partial charge in [0.25, 0.3) is 0 Å². The molecule has 2 rings (SSSR count). The van der Waals surface area contributed by atoms with Gasteiger partial charge in [0.2, 0.25) is 0 Å². The maximum absolute atomic E-state index is 12.5. The van der Waals surface area contributed by atoms with E-state index in [9.17, 15) is 13.2 Å². The Morgan fingerprint density at radius 1 is 1.31 bits per heavy atom. The second kappa shape index (κ2) is 3.48. The van der Waals surface area contributed by atoms with E-state index in [1.54, 1.807) is 6.07 Å². The van der Waals surface area contributed by atoms with Crippen LogP contribution in [0.1, 0.15) is 30.9 Å². The van der Waals surface area contributed by atoms with E-state index in [0.29, 0.717) is 0 Å². The molecular formula is C12H14F3N. The molecule has 0 radical (unpaired) electrons. The van der Waals surface area contributed by atoms with Gasteiger partial charge < -0.3 is 5.73 Å². The van der Waals surface area contributed by atoms with Gasteiger partial charge in [-0.3, -0.25) is 0 Å². The third-order valence-corrected chi connectivity index (χ3v) is 3.43. The van der Waals surface area contributed by atoms with Crippen molar-refractivity contribution in [1.29, 1.82) is 0 Å². The van der Waals surface area contributed by atoms with Gasteiger partial charge >= 0.3 is 6.18 Å². The molecule has 0 bridgehead atoms. The van der Waals surface area contributed by atoms with Gasteiger partial charge in [-0.05, 0) is 31.4 Å². The maximum Gasteiger partial charge on any atom is 0.416 e. The van der Waals surface area contributed by atoms with E-state index in [1.165, 1.54) is 12.1 Å². The Morgan fingerprint density at radius 3 is 2.38 bits per heavy atom. The number of hydrogen-bond donors (Lipinski definition) is 1. The summed E-state index contributed by atoms with van der Waals surface area (Å²) in [5.41, 5.74) is 5.76. The van der Waals surface area contributed by atoms with Crippen molar-refractivity contribution in [1.82, 2.24) is 0 Å². The van der Waals surface area contributed by atoms with Crippen LogP contribution in [0.15, 0.2) is 24.3 Å². The molecule has 88 valence electrons. The van der Waals surface area contributed by atoms with E-state index >= 15 is 0 Å². The zero-order chi connectivity index (χ0) is 12.0. The first kappa shape index (κ1) is 11.5. The van der Waals surface area contributed by atoms with Crippen LogP contribution in [0.2, 0.25) is 0 Å². The summed E-state index contributed by atoms with van der Waals surface area (Å²) in [7, 11) is 0. The zero-order valence-electron chi connectivity index (χ0n) is 9.01. The predicted octanol–water partition coefficient (Wildman–Crippen LogP) is 3.08. The van der Waals surface area contributed by atoms with Crippen LogP contribution in [0.3, 0.4) is 0 Å². The minimum absolute atomic E-state index is 0.101. The lowest BCUT2D eigenvalue weighted by atomic mass is 9.88. The first-order chi connectivity index (χ1) is 7.36. The van der Waals surface area contributed by atoms with Crippen LogP contribution in [0.25, 0.3) is 0 Å². The first-order valence-corrected chi connectivity index (χ1v) is 5.29. The minimum atomic E-state index is -4.27. The average molecular weight is 229 g/mol. The third kappa shape index (κ3) is 1.82. The Labute approximate surface area is 92.5 Å². The van der Waals surface area contributed by atoms with Crippen molar-refractivity contribution in [3.05, 3.63) is 35.4 Å². The van der Waals surface area contributed by atoms with Crippen molar-refractivity contribution >= 4 is 0 Å². The van der Waals surface area contributed by atoms with E-state index in [0.717, 1.165) is 24.5 Å². The fourth-order valence-corrected chi connectivity index (χ4v) is 2.15. The van der Waals surface area contributed by atoms with Crippen molar-refractivity contribution in [2.24, 2.45) is 5.73 Å². The van der Waals surface area contributed by atoms with E-state index in [1.807, 2.05) is 6.92 Å². The number of nitrogens with two attached hydrogens (primary N) is 1. The fourth-order valence-electron chi connectivity index (χ4n) is 2.15. The number of benzene rings is 1. The first-order valence-electron chi connectivity index (χ1n) is 5.29. The molecule has 16 heavy (non-hydrogen) atoms. The second-order valence-corrected chi connectivity index (χ2v) is 4.52. The molecule has 0 amide bonds. The zero-order valence-corrected chi connectivity index (χ0v) is 9.01. The van der Waals surface area contributed by atoms with Gasteiger partial charge in [-0.2, -0.15) is 13.2 Å². The number of rotatable bonds is 2. The maximum atomic E-state index is 12.5. The standard InChI is InChI=1S/C12H14F3N/c1-8(16)11(5-6-11)9-3-2-4-10(7-9)12(13,14)15/h2-4,7-8H,5-6,16H2,1H3. The molecule has 2 N–H and O–H groups in total. The highest BCUT2D eigenvalue weighted by Gasteiger charge is 2.48. The lowest BCUT2D eigenvalue weighted by molar-refractivity contribution is -0.137. The SMILES string of the molecule is CC(N)C1(c2cccc(C(F)(F)F)c2)CC1. The molecule has 1 nitrogen and oxygen atoms in total. The Hall–Kier alpha value is -1.03. The lowest BCUT2D eigenvalue weighted by Crippen LogP contribution is -2.31. The number of halogens is 3. The molecular weight excluding hydrogens is 215 g/mol. The minimum Gasteiger partial charge on any atom is -0.327 e. The highest BCUT2D eigenvalue weighted by atomic mass is 19.4. The Kier molecular flexibility index (Phi) is 2.49. The molecule has 1 saturated carbocycles. The molecule has 0 aromatic heterocycles. The molecule has 0 spiro atoms. The second-order valence-electron chi connectivity index (χ2n) is 4.52. The van der Waals surface area contributed by atoms with E-state index < -0.39 is 11.7 Å². The summed E-state index contributed by atoms with van der Waals surface area (Å²) in [4.78, 5) is 0. The summed E-state index contributed by atoms with van der Waals surface area (Å²) in [5, 5.41) is 0. The van der Waals surface area contributed by atoms with Crippen LogP contribution in [-0.4, -0.2) is 6.04 Å². The molecule has 0 aliphatic heterocycles. The third-order valence-electron chi connectivity index (χ3n) is 3.43. The van der Waals surface area contributed by atoms with Crippen LogP contribution in [0.5, 0.6) is 0 Å². The Morgan fingerprint density at radius 2 is 1.94 bits per heavy atom. The molecule has 1 unspecified atom stereocenters. The van der Waals surface area contributed by atoms with E-state index in [-0.39, 0.29) is 11.5 Å². The Balaban J connectivity index is 2.37. The smallest absolute Gasteiger partial charge is 0.327 e. The van der Waals surface area contributed by atoms with E-state index in [2.05, 4.69) is 0 Å². The summed E-state index contributed by atoms with van der Waals surface area (Å²) >= 11 is 0. The number of alkyl halides is 3. The van der Waals surface area contributed by atoms with Crippen LogP contribution in [-0.2, 0) is 11.6 Å². The molecule has 1 aromatic rings. The molecule has 0 saturated heterocycles. The van der Waals surface area contributed by atoms with Crippen LogP contribution in [0, 0.1) is 0 Å². The van der Waals surface area contributed by atoms with Gasteiger partial charge in [0.15, 0.2) is 0 Å². The summed E-state index contributed by atoms with van der Waals surface area (Å²) < 4.78 is 37.6. The van der Waals surface area contributed by atoms with Crippen molar-refractivity contribution in [2.45, 2.75) is 37.4 Å². The predicted molar refractivity (Wildman–Crippen MR) is 56.0 cm³/mol. The molecule has 1 fully saturated rings. The highest BCUT2D eigenvalue weighted by molar-refractivity contribution is 5.37. The molecule has 0 heterocycles. The van der Waals surface area contributed by atoms with Gasteiger partial charge in [-0.15, -0.1) is 0 Å². The van der Waals surface area contributed by atoms with Gasteiger partial charge in [0.05, 0.1) is 5.56 Å². The van der Waals surface area contributed by atoms with Crippen molar-refractivity contribution < 1.29 is 13.2 Å². The summed E-state index contributed by atoms with van der Waals surface area (Å²) in [5.74, 6) is 0. The normalized spacial score (nSPS) is 20.6. The molecule has 1 atom stereocenters. The van der Waals surface area contributed by atoms with Crippen LogP contribution < -0.4 is 5.73 Å². The average Bonchev–Trinajstić information content (AvgIpc) is 2.97. The largest absolute Gasteiger partial charge is 0.416 e. The molecule has 1 aromatic carbocycles. The fraction of sp³-hybridized carbons (Fsp3) is 0.500. The van der Waals surface area contributed by atoms with Gasteiger partial charge in [0.1, 0.15) is 0 Å². The highest BCUT2D eigenvalue weighted by Crippen LogP contribution is 2.50. The monoisotopic (exact) mass is 229 g/mol. The van der Waals surface area contributed by atoms with Crippen LogP contribution in [0.4, 0.5) is 13.2 Å². The van der Waals surface area contributed by atoms with Gasteiger partial charge in [-0.25, -0.2) is 0 Å². The summed E-state index contributed by atoms with van der Waals surface area (Å²) in [6, 6.07) is 5.43. The van der Waals surface area contributed by atoms with Crippen LogP contribution >= 0.6 is 0 Å². The van der Waals surface area contributed by atoms with E-state index in [4.69, 9.17) is 5.73 Å². The van der Waals surface area contributed by atoms with Crippen molar-refractivity contribution in [3.63, 3.8) is 0 Å². The summed E-state index contributed by atoms with van der Waals surface area (Å²) in [6.07, 6.45) is -2.51. The molecule has 1 aliphatic carbocycles. The quantitative estimate of drug-likeness (QED) is 0.828. The Bertz CT molecular complexity index is 391. The molecule has 1 aliphatic rings.